The number of hydrogen-bond acceptors (Lipinski definition) is 4. The molecule has 1 atom stereocenters. The Hall–Kier alpha value is -0.970. The zero-order valence-electron chi connectivity index (χ0n) is 8.20. The highest BCUT2D eigenvalue weighted by Crippen LogP contribution is 2.29. The summed E-state index contributed by atoms with van der Waals surface area (Å²) in [4.78, 5) is 22.3. The van der Waals surface area contributed by atoms with Gasteiger partial charge in [-0.15, -0.1) is 0 Å². The first kappa shape index (κ1) is 11.1. The highest BCUT2D eigenvalue weighted by atomic mass is 32.2. The molecule has 1 rings (SSSR count). The van der Waals surface area contributed by atoms with E-state index in [1.54, 1.807) is 0 Å². The van der Waals surface area contributed by atoms with Crippen LogP contribution >= 0.6 is 11.8 Å². The van der Waals surface area contributed by atoms with Gasteiger partial charge in [-0.25, -0.2) is 0 Å². The molecule has 4 nitrogen and oxygen atoms in total. The van der Waals surface area contributed by atoms with Gasteiger partial charge >= 0.3 is 5.97 Å². The number of methoxy groups -OCH3 is 1. The molecule has 0 aromatic heterocycles. The van der Waals surface area contributed by atoms with E-state index in [0.29, 0.717) is 0 Å². The minimum Gasteiger partial charge on any atom is -0.469 e. The summed E-state index contributed by atoms with van der Waals surface area (Å²) in [5, 5.41) is 3.22. The molecule has 14 heavy (non-hydrogen) atoms. The van der Waals surface area contributed by atoms with Crippen molar-refractivity contribution in [3.63, 3.8) is 0 Å². The summed E-state index contributed by atoms with van der Waals surface area (Å²) in [6.45, 7) is 1.99. The lowest BCUT2D eigenvalue weighted by molar-refractivity contribution is -0.141. The first-order valence-electron chi connectivity index (χ1n) is 4.41. The summed E-state index contributed by atoms with van der Waals surface area (Å²) in [5.74, 6) is -0.463. The van der Waals surface area contributed by atoms with Crippen LogP contribution in [-0.2, 0) is 14.3 Å². The number of hydrogen-bond donors (Lipinski definition) is 1. The third-order valence-electron chi connectivity index (χ3n) is 1.78. The van der Waals surface area contributed by atoms with Crippen molar-refractivity contribution >= 4 is 23.6 Å². The van der Waals surface area contributed by atoms with Gasteiger partial charge in [-0.1, -0.05) is 24.8 Å². The smallest absolute Gasteiger partial charge is 0.307 e. The van der Waals surface area contributed by atoms with Crippen molar-refractivity contribution in [1.29, 1.82) is 0 Å². The molecular formula is C9H13NO3S. The predicted octanol–water partition coefficient (Wildman–Crippen LogP) is 1.03. The third-order valence-corrected chi connectivity index (χ3v) is 2.97. The summed E-state index contributed by atoms with van der Waals surface area (Å²) >= 11 is 1.39. The van der Waals surface area contributed by atoms with Gasteiger partial charge in [-0.2, -0.15) is 0 Å². The van der Waals surface area contributed by atoms with E-state index in [2.05, 4.69) is 10.1 Å². The second-order valence-corrected chi connectivity index (χ2v) is 4.10. The van der Waals surface area contributed by atoms with Gasteiger partial charge in [0.05, 0.1) is 18.6 Å². The Morgan fingerprint density at radius 3 is 3.00 bits per heavy atom. The van der Waals surface area contributed by atoms with Crippen LogP contribution in [0.5, 0.6) is 0 Å². The second kappa shape index (κ2) is 5.05. The quantitative estimate of drug-likeness (QED) is 0.714. The molecule has 1 N–H and O–H groups in total. The number of nitrogens with one attached hydrogen (secondary N) is 1. The number of allylic oxidation sites excluding steroid dienone is 1. The fourth-order valence-electron chi connectivity index (χ4n) is 1.09. The molecule has 1 unspecified atom stereocenters. The third kappa shape index (κ3) is 2.77. The normalized spacial score (nSPS) is 23.7. The summed E-state index contributed by atoms with van der Waals surface area (Å²) < 4.78 is 4.50. The van der Waals surface area contributed by atoms with Crippen LogP contribution in [0.4, 0.5) is 0 Å². The second-order valence-electron chi connectivity index (χ2n) is 2.85. The maximum Gasteiger partial charge on any atom is 0.307 e. The lowest BCUT2D eigenvalue weighted by Gasteiger charge is -2.02. The van der Waals surface area contributed by atoms with Crippen LogP contribution in [0.25, 0.3) is 0 Å². The zero-order chi connectivity index (χ0) is 10.6. The number of carbonyl (C=O) groups is 2. The number of rotatable bonds is 3. The number of thioether (sulfide) groups is 1. The Balaban J connectivity index is 2.53. The molecule has 1 aliphatic rings. The van der Waals surface area contributed by atoms with E-state index in [0.717, 1.165) is 11.4 Å². The SMILES string of the molecule is CC/C=C1/NC(=O)C(CC(=O)OC)S1. The van der Waals surface area contributed by atoms with Gasteiger partial charge in [0.25, 0.3) is 0 Å². The van der Waals surface area contributed by atoms with Crippen molar-refractivity contribution in [3.8, 4) is 0 Å². The van der Waals surface area contributed by atoms with Gasteiger partial charge in [-0.3, -0.25) is 9.59 Å². The number of amides is 1. The lowest BCUT2D eigenvalue weighted by Crippen LogP contribution is -2.24. The fraction of sp³-hybridized carbons (Fsp3) is 0.556. The van der Waals surface area contributed by atoms with E-state index in [-0.39, 0.29) is 23.5 Å². The van der Waals surface area contributed by atoms with Crippen LogP contribution in [-0.4, -0.2) is 24.2 Å². The molecular weight excluding hydrogens is 202 g/mol. The maximum atomic E-state index is 11.3. The topological polar surface area (TPSA) is 55.4 Å². The highest BCUT2D eigenvalue weighted by Gasteiger charge is 2.30. The Morgan fingerprint density at radius 1 is 1.71 bits per heavy atom. The average Bonchev–Trinajstić information content (AvgIpc) is 2.47. The summed E-state index contributed by atoms with van der Waals surface area (Å²) in [6.07, 6.45) is 2.93. The first-order valence-corrected chi connectivity index (χ1v) is 5.29. The van der Waals surface area contributed by atoms with Crippen molar-refractivity contribution in [2.45, 2.75) is 25.0 Å². The van der Waals surface area contributed by atoms with E-state index in [9.17, 15) is 9.59 Å². The van der Waals surface area contributed by atoms with Gasteiger partial charge in [0, 0.05) is 0 Å². The molecule has 1 amide bonds. The zero-order valence-corrected chi connectivity index (χ0v) is 9.02. The van der Waals surface area contributed by atoms with Crippen LogP contribution in [0.2, 0.25) is 0 Å². The van der Waals surface area contributed by atoms with Gasteiger partial charge in [0.15, 0.2) is 0 Å². The van der Waals surface area contributed by atoms with Crippen LogP contribution in [0.15, 0.2) is 11.1 Å². The van der Waals surface area contributed by atoms with Crippen molar-refractivity contribution in [3.05, 3.63) is 11.1 Å². The van der Waals surface area contributed by atoms with Crippen molar-refractivity contribution in [2.24, 2.45) is 0 Å². The highest BCUT2D eigenvalue weighted by molar-refractivity contribution is 8.04. The van der Waals surface area contributed by atoms with Crippen LogP contribution < -0.4 is 5.32 Å². The van der Waals surface area contributed by atoms with Crippen molar-refractivity contribution in [2.75, 3.05) is 7.11 Å². The number of esters is 1. The van der Waals surface area contributed by atoms with Gasteiger partial charge in [0.2, 0.25) is 5.91 Å². The molecule has 1 fully saturated rings. The minimum absolute atomic E-state index is 0.111. The Kier molecular flexibility index (Phi) is 4.00. The predicted molar refractivity (Wildman–Crippen MR) is 54.5 cm³/mol. The van der Waals surface area contributed by atoms with Crippen LogP contribution in [0.3, 0.4) is 0 Å². The fourth-order valence-corrected chi connectivity index (χ4v) is 2.21. The standard InChI is InChI=1S/C9H13NO3S/c1-3-4-7-10-9(12)6(14-7)5-8(11)13-2/h4,6H,3,5H2,1-2H3,(H,10,12)/b7-4-. The van der Waals surface area contributed by atoms with E-state index in [1.807, 2.05) is 13.0 Å². The number of ether oxygens (including phenoxy) is 1. The van der Waals surface area contributed by atoms with E-state index >= 15 is 0 Å². The van der Waals surface area contributed by atoms with Gasteiger partial charge in [0.1, 0.15) is 5.25 Å². The molecule has 5 heteroatoms. The Morgan fingerprint density at radius 2 is 2.43 bits per heavy atom. The molecule has 1 aliphatic heterocycles. The molecule has 0 saturated carbocycles. The van der Waals surface area contributed by atoms with Crippen LogP contribution in [0.1, 0.15) is 19.8 Å². The molecule has 0 spiro atoms. The average molecular weight is 215 g/mol. The molecule has 1 heterocycles. The lowest BCUT2D eigenvalue weighted by atomic mass is 10.3. The van der Waals surface area contributed by atoms with E-state index in [1.165, 1.54) is 18.9 Å². The monoisotopic (exact) mass is 215 g/mol. The molecule has 0 bridgehead atoms. The van der Waals surface area contributed by atoms with Gasteiger partial charge < -0.3 is 10.1 Å². The largest absolute Gasteiger partial charge is 0.469 e. The first-order chi connectivity index (χ1) is 6.67. The molecule has 0 aromatic rings. The summed E-state index contributed by atoms with van der Waals surface area (Å²) in [5.41, 5.74) is 0. The molecule has 78 valence electrons. The summed E-state index contributed by atoms with van der Waals surface area (Å²) in [7, 11) is 1.32. The Labute approximate surface area is 87.1 Å². The molecule has 0 radical (unpaired) electrons. The number of carbonyl (C=O) groups excluding carboxylic acids is 2. The van der Waals surface area contributed by atoms with Crippen molar-refractivity contribution < 1.29 is 14.3 Å². The van der Waals surface area contributed by atoms with E-state index < -0.39 is 0 Å². The molecule has 0 aliphatic carbocycles. The summed E-state index contributed by atoms with van der Waals surface area (Å²) in [6, 6.07) is 0. The van der Waals surface area contributed by atoms with E-state index in [4.69, 9.17) is 0 Å². The van der Waals surface area contributed by atoms with Gasteiger partial charge in [-0.05, 0) is 6.42 Å². The Bertz CT molecular complexity index is 275. The van der Waals surface area contributed by atoms with Crippen molar-refractivity contribution in [1.82, 2.24) is 5.32 Å². The molecule has 1 saturated heterocycles. The maximum absolute atomic E-state index is 11.3. The minimum atomic E-state index is -0.351. The van der Waals surface area contributed by atoms with Crippen LogP contribution in [0, 0.1) is 0 Å². The molecule has 0 aromatic carbocycles.